The lowest BCUT2D eigenvalue weighted by Gasteiger charge is -2.42. The van der Waals surface area contributed by atoms with Crippen molar-refractivity contribution in [3.05, 3.63) is 36.5 Å². The molecule has 0 saturated carbocycles. The zero-order chi connectivity index (χ0) is 45.4. The summed E-state index contributed by atoms with van der Waals surface area (Å²) in [6, 6.07) is 0. The maximum Gasteiger partial charge on any atom is 0.306 e. The van der Waals surface area contributed by atoms with Crippen LogP contribution in [0.5, 0.6) is 0 Å². The van der Waals surface area contributed by atoms with E-state index in [0.29, 0.717) is 12.8 Å². The molecule has 2 rings (SSSR count). The average molecular weight is 887 g/mol. The van der Waals surface area contributed by atoms with E-state index < -0.39 is 99.3 Å². The van der Waals surface area contributed by atoms with Crippen LogP contribution in [0.2, 0.25) is 0 Å². The summed E-state index contributed by atoms with van der Waals surface area (Å²) in [7, 11) is 0. The van der Waals surface area contributed by atoms with E-state index in [2.05, 4.69) is 50.3 Å². The van der Waals surface area contributed by atoms with E-state index in [-0.39, 0.29) is 19.4 Å². The Kier molecular flexibility index (Phi) is 31.6. The highest BCUT2D eigenvalue weighted by Gasteiger charge is 2.47. The molecule has 11 atom stereocenters. The second kappa shape index (κ2) is 35.0. The van der Waals surface area contributed by atoms with E-state index in [9.17, 15) is 45.3 Å². The molecule has 0 spiro atoms. The number of hydrogen-bond acceptors (Lipinski definition) is 15. The number of carbonyl (C=O) groups is 2. The molecule has 0 amide bonds. The summed E-state index contributed by atoms with van der Waals surface area (Å²) in [5.74, 6) is -0.977. The second-order valence-corrected chi connectivity index (χ2v) is 16.6. The summed E-state index contributed by atoms with van der Waals surface area (Å²) in [5, 5.41) is 71.9. The van der Waals surface area contributed by atoms with Crippen molar-refractivity contribution in [2.45, 2.75) is 223 Å². The molecule has 2 heterocycles. The molecule has 2 aliphatic heterocycles. The minimum atomic E-state index is -1.77. The molecule has 4 unspecified atom stereocenters. The van der Waals surface area contributed by atoms with Crippen LogP contribution in [-0.2, 0) is 38.0 Å². The Hall–Kier alpha value is -2.28. The van der Waals surface area contributed by atoms with Gasteiger partial charge in [0.05, 0.1) is 19.8 Å². The Bertz CT molecular complexity index is 1230. The van der Waals surface area contributed by atoms with Gasteiger partial charge >= 0.3 is 11.9 Å². The first-order valence-electron chi connectivity index (χ1n) is 23.6. The topological polar surface area (TPSA) is 231 Å². The number of aliphatic hydroxyl groups is 7. The van der Waals surface area contributed by atoms with Gasteiger partial charge in [-0.25, -0.2) is 0 Å². The van der Waals surface area contributed by atoms with Crippen molar-refractivity contribution in [2.75, 3.05) is 26.4 Å². The molecule has 62 heavy (non-hydrogen) atoms. The molecular formula is C47H82O15. The third-order valence-corrected chi connectivity index (χ3v) is 11.1. The van der Waals surface area contributed by atoms with Crippen LogP contribution in [-0.4, -0.2) is 142 Å². The molecule has 0 aliphatic carbocycles. The SMILES string of the molecule is CCCC/C=C/CCCCCCCC(=O)OC[C@H](CO[C@@H]1O[C@H](CO[C@@H]2O[C@H](CO)[C@H](O)C(O)C2O)[C@H](O)C(O)C1O)OC(=O)CCCC/C=C/C/C=C/CCCCCCCC. The molecule has 0 aromatic heterocycles. The standard InChI is InChI=1S/C47H82O15/c1-3-5-7-9-11-13-15-16-17-18-20-22-24-26-28-30-39(50)60-35(32-57-38(49)29-27-25-23-21-19-14-12-10-8-6-4-2)33-58-46-45(56)43(54)41(52)37(62-46)34-59-47-44(55)42(53)40(51)36(31-48)61-47/h10,12,16-17,20,22,35-37,40-48,51-56H,3-9,11,13-15,18-19,21,23-34H2,1-2H3/b12-10+,17-16+,22-20+/t35-,36-,37-,40+,41+,42?,43?,44?,45?,46-,47-/m1/s1. The van der Waals surface area contributed by atoms with Gasteiger partial charge < -0.3 is 64.2 Å². The zero-order valence-corrected chi connectivity index (χ0v) is 37.6. The van der Waals surface area contributed by atoms with Crippen molar-refractivity contribution in [1.29, 1.82) is 0 Å². The summed E-state index contributed by atoms with van der Waals surface area (Å²) in [6.07, 6.45) is 17.6. The maximum absolute atomic E-state index is 12.9. The minimum Gasteiger partial charge on any atom is -0.462 e. The molecule has 360 valence electrons. The summed E-state index contributed by atoms with van der Waals surface area (Å²) >= 11 is 0. The number of aliphatic hydroxyl groups excluding tert-OH is 7. The van der Waals surface area contributed by atoms with Gasteiger partial charge in [0.15, 0.2) is 18.7 Å². The van der Waals surface area contributed by atoms with Crippen molar-refractivity contribution in [3.63, 3.8) is 0 Å². The Balaban J connectivity index is 1.87. The molecule has 0 radical (unpaired) electrons. The lowest BCUT2D eigenvalue weighted by molar-refractivity contribution is -0.332. The van der Waals surface area contributed by atoms with Crippen molar-refractivity contribution in [2.24, 2.45) is 0 Å². The van der Waals surface area contributed by atoms with Crippen LogP contribution >= 0.6 is 0 Å². The number of esters is 2. The van der Waals surface area contributed by atoms with Gasteiger partial charge in [0.1, 0.15) is 55.4 Å². The fourth-order valence-corrected chi connectivity index (χ4v) is 7.11. The number of unbranched alkanes of at least 4 members (excludes halogenated alkanes) is 15. The van der Waals surface area contributed by atoms with Crippen LogP contribution in [0.4, 0.5) is 0 Å². The van der Waals surface area contributed by atoms with Gasteiger partial charge in [0.2, 0.25) is 0 Å². The van der Waals surface area contributed by atoms with E-state index in [1.807, 2.05) is 0 Å². The molecule has 15 nitrogen and oxygen atoms in total. The predicted molar refractivity (Wildman–Crippen MR) is 234 cm³/mol. The average Bonchev–Trinajstić information content (AvgIpc) is 3.26. The summed E-state index contributed by atoms with van der Waals surface area (Å²) < 4.78 is 33.4. The van der Waals surface area contributed by atoms with Gasteiger partial charge in [-0.1, -0.05) is 115 Å². The van der Waals surface area contributed by atoms with Gasteiger partial charge in [-0.2, -0.15) is 0 Å². The Morgan fingerprint density at radius 1 is 0.516 bits per heavy atom. The Morgan fingerprint density at radius 3 is 1.60 bits per heavy atom. The van der Waals surface area contributed by atoms with Gasteiger partial charge in [-0.05, 0) is 64.2 Å². The van der Waals surface area contributed by atoms with Gasteiger partial charge in [0.25, 0.3) is 0 Å². The molecule has 2 fully saturated rings. The monoisotopic (exact) mass is 887 g/mol. The van der Waals surface area contributed by atoms with Crippen LogP contribution in [0.3, 0.4) is 0 Å². The van der Waals surface area contributed by atoms with Crippen LogP contribution in [0.1, 0.15) is 155 Å². The molecule has 15 heteroatoms. The Labute approximate surface area is 370 Å². The van der Waals surface area contributed by atoms with E-state index >= 15 is 0 Å². The van der Waals surface area contributed by atoms with Crippen molar-refractivity contribution < 1.29 is 73.8 Å². The third kappa shape index (κ3) is 23.6. The smallest absolute Gasteiger partial charge is 0.306 e. The first kappa shape index (κ1) is 55.9. The normalized spacial score (nSPS) is 27.4. The first-order chi connectivity index (χ1) is 30.0. The van der Waals surface area contributed by atoms with Gasteiger partial charge in [-0.3, -0.25) is 9.59 Å². The van der Waals surface area contributed by atoms with E-state index in [4.69, 9.17) is 28.4 Å². The largest absolute Gasteiger partial charge is 0.462 e. The number of carbonyl (C=O) groups excluding carboxylic acids is 2. The number of ether oxygens (including phenoxy) is 6. The molecular weight excluding hydrogens is 805 g/mol. The molecule has 7 N–H and O–H groups in total. The molecule has 0 aromatic carbocycles. The van der Waals surface area contributed by atoms with Crippen molar-refractivity contribution in [1.82, 2.24) is 0 Å². The lowest BCUT2D eigenvalue weighted by atomic mass is 9.98. The molecule has 0 bridgehead atoms. The molecule has 2 saturated heterocycles. The fraction of sp³-hybridized carbons (Fsp3) is 0.830. The highest BCUT2D eigenvalue weighted by molar-refractivity contribution is 5.70. The third-order valence-electron chi connectivity index (χ3n) is 11.1. The van der Waals surface area contributed by atoms with E-state index in [0.717, 1.165) is 64.2 Å². The van der Waals surface area contributed by atoms with Crippen LogP contribution in [0, 0.1) is 0 Å². The first-order valence-corrected chi connectivity index (χ1v) is 23.6. The number of hydrogen-bond donors (Lipinski definition) is 7. The Morgan fingerprint density at radius 2 is 0.984 bits per heavy atom. The quantitative estimate of drug-likeness (QED) is 0.0241. The summed E-state index contributed by atoms with van der Waals surface area (Å²) in [5.41, 5.74) is 0. The number of rotatable bonds is 35. The van der Waals surface area contributed by atoms with Crippen molar-refractivity contribution in [3.8, 4) is 0 Å². The molecule has 0 aromatic rings. The predicted octanol–water partition coefficient (Wildman–Crippen LogP) is 5.37. The highest BCUT2D eigenvalue weighted by atomic mass is 16.7. The van der Waals surface area contributed by atoms with E-state index in [1.54, 1.807) is 0 Å². The summed E-state index contributed by atoms with van der Waals surface area (Å²) in [4.78, 5) is 25.6. The number of allylic oxidation sites excluding steroid dienone is 6. The van der Waals surface area contributed by atoms with Crippen LogP contribution in [0.15, 0.2) is 36.5 Å². The minimum absolute atomic E-state index is 0.121. The van der Waals surface area contributed by atoms with Gasteiger partial charge in [-0.15, -0.1) is 0 Å². The van der Waals surface area contributed by atoms with E-state index in [1.165, 1.54) is 51.4 Å². The van der Waals surface area contributed by atoms with Crippen LogP contribution in [0.25, 0.3) is 0 Å². The zero-order valence-electron chi connectivity index (χ0n) is 37.6. The van der Waals surface area contributed by atoms with Gasteiger partial charge in [0, 0.05) is 12.8 Å². The molecule has 2 aliphatic rings. The van der Waals surface area contributed by atoms with Crippen molar-refractivity contribution >= 4 is 11.9 Å². The highest BCUT2D eigenvalue weighted by Crippen LogP contribution is 2.26. The van der Waals surface area contributed by atoms with Crippen LogP contribution < -0.4 is 0 Å². The lowest BCUT2D eigenvalue weighted by Crippen LogP contribution is -2.61. The second-order valence-electron chi connectivity index (χ2n) is 16.6. The summed E-state index contributed by atoms with van der Waals surface area (Å²) in [6.45, 7) is 2.48. The fourth-order valence-electron chi connectivity index (χ4n) is 7.11. The maximum atomic E-state index is 12.9.